The quantitative estimate of drug-likeness (QED) is 0.701. The fourth-order valence-electron chi connectivity index (χ4n) is 4.28. The van der Waals surface area contributed by atoms with Gasteiger partial charge in [-0.25, -0.2) is 4.98 Å². The Morgan fingerprint density at radius 1 is 1.18 bits per heavy atom. The zero-order chi connectivity index (χ0) is 19.3. The van der Waals surface area contributed by atoms with Crippen molar-refractivity contribution >= 4 is 17.0 Å². The zero-order valence-corrected chi connectivity index (χ0v) is 16.9. The van der Waals surface area contributed by atoms with Gasteiger partial charge in [0.1, 0.15) is 0 Å². The maximum Gasteiger partial charge on any atom is 0.201 e. The van der Waals surface area contributed by atoms with Crippen molar-refractivity contribution in [2.45, 2.75) is 38.6 Å². The Morgan fingerprint density at radius 2 is 1.96 bits per heavy atom. The smallest absolute Gasteiger partial charge is 0.201 e. The van der Waals surface area contributed by atoms with Gasteiger partial charge in [-0.05, 0) is 51.1 Å². The third-order valence-electron chi connectivity index (χ3n) is 5.92. The molecule has 0 bridgehead atoms. The van der Waals surface area contributed by atoms with Gasteiger partial charge in [-0.15, -0.1) is 0 Å². The molecule has 0 atom stereocenters. The molecule has 2 aromatic rings. The standard InChI is InChI=1S/C21H32N4O3/c1-26-19-14-18-17(13-20(19)28-10-4-9-24-7-2-3-8-24)23-21(22)25(18)15-16-5-11-27-12-6-16/h13-14,16H,2-12,15H2,1H3,(H2,22,23). The van der Waals surface area contributed by atoms with Crippen LogP contribution in [0.5, 0.6) is 11.5 Å². The molecule has 3 heterocycles. The number of nitrogens with zero attached hydrogens (tertiary/aromatic N) is 3. The molecular formula is C21H32N4O3. The van der Waals surface area contributed by atoms with Crippen molar-refractivity contribution in [2.24, 2.45) is 5.92 Å². The van der Waals surface area contributed by atoms with E-state index in [1.165, 1.54) is 25.9 Å². The van der Waals surface area contributed by atoms with E-state index in [1.807, 2.05) is 12.1 Å². The number of methoxy groups -OCH3 is 1. The number of hydrogen-bond donors (Lipinski definition) is 1. The molecule has 0 radical (unpaired) electrons. The van der Waals surface area contributed by atoms with Crippen molar-refractivity contribution in [2.75, 3.05) is 52.3 Å². The summed E-state index contributed by atoms with van der Waals surface area (Å²) in [6.45, 7) is 6.74. The maximum absolute atomic E-state index is 6.24. The first kappa shape index (κ1) is 19.3. The average Bonchev–Trinajstić information content (AvgIpc) is 3.33. The molecule has 0 spiro atoms. The highest BCUT2D eigenvalue weighted by Crippen LogP contribution is 2.34. The SMILES string of the molecule is COc1cc2c(cc1OCCCN1CCCC1)nc(N)n2CC1CCOCC1. The number of aromatic nitrogens is 2. The van der Waals surface area contributed by atoms with E-state index in [0.717, 1.165) is 68.1 Å². The van der Waals surface area contributed by atoms with Crippen molar-refractivity contribution in [1.29, 1.82) is 0 Å². The third-order valence-corrected chi connectivity index (χ3v) is 5.92. The molecule has 2 aliphatic heterocycles. The lowest BCUT2D eigenvalue weighted by molar-refractivity contribution is 0.0617. The van der Waals surface area contributed by atoms with Crippen LogP contribution in [-0.4, -0.2) is 61.0 Å². The Kier molecular flexibility index (Phi) is 6.22. The number of nitrogens with two attached hydrogens (primary N) is 1. The molecule has 1 aromatic carbocycles. The Bertz CT molecular complexity index is 780. The molecule has 0 unspecified atom stereocenters. The molecule has 154 valence electrons. The van der Waals surface area contributed by atoms with Crippen LogP contribution in [0.15, 0.2) is 12.1 Å². The lowest BCUT2D eigenvalue weighted by atomic mass is 10.0. The molecule has 1 aromatic heterocycles. The fraction of sp³-hybridized carbons (Fsp3) is 0.667. The molecular weight excluding hydrogens is 356 g/mol. The summed E-state index contributed by atoms with van der Waals surface area (Å²) < 4.78 is 19.2. The van der Waals surface area contributed by atoms with Crippen LogP contribution < -0.4 is 15.2 Å². The molecule has 7 nitrogen and oxygen atoms in total. The van der Waals surface area contributed by atoms with E-state index in [9.17, 15) is 0 Å². The second kappa shape index (κ2) is 9.01. The Labute approximate surface area is 166 Å². The average molecular weight is 389 g/mol. The summed E-state index contributed by atoms with van der Waals surface area (Å²) in [6.07, 6.45) is 5.79. The minimum atomic E-state index is 0.551. The number of likely N-dealkylation sites (tertiary alicyclic amines) is 1. The number of imidazole rings is 1. The van der Waals surface area contributed by atoms with Crippen LogP contribution in [-0.2, 0) is 11.3 Å². The molecule has 7 heteroatoms. The van der Waals surface area contributed by atoms with Gasteiger partial charge in [0.15, 0.2) is 11.5 Å². The van der Waals surface area contributed by atoms with Gasteiger partial charge in [0.2, 0.25) is 5.95 Å². The van der Waals surface area contributed by atoms with Gasteiger partial charge in [-0.2, -0.15) is 0 Å². The maximum atomic E-state index is 6.24. The predicted octanol–water partition coefficient (Wildman–Crippen LogP) is 2.92. The summed E-state index contributed by atoms with van der Waals surface area (Å²) in [6, 6.07) is 3.97. The van der Waals surface area contributed by atoms with Gasteiger partial charge >= 0.3 is 0 Å². The van der Waals surface area contributed by atoms with Crippen LogP contribution in [0.3, 0.4) is 0 Å². The van der Waals surface area contributed by atoms with Gasteiger partial charge in [-0.1, -0.05) is 0 Å². The highest BCUT2D eigenvalue weighted by molar-refractivity contribution is 5.82. The first-order valence-corrected chi connectivity index (χ1v) is 10.5. The third kappa shape index (κ3) is 4.36. The van der Waals surface area contributed by atoms with Crippen molar-refractivity contribution < 1.29 is 14.2 Å². The minimum absolute atomic E-state index is 0.551. The predicted molar refractivity (Wildman–Crippen MR) is 110 cm³/mol. The number of rotatable bonds is 8. The number of benzene rings is 1. The van der Waals surface area contributed by atoms with E-state index >= 15 is 0 Å². The highest BCUT2D eigenvalue weighted by Gasteiger charge is 2.19. The highest BCUT2D eigenvalue weighted by atomic mass is 16.5. The second-order valence-electron chi connectivity index (χ2n) is 7.88. The summed E-state index contributed by atoms with van der Waals surface area (Å²) >= 11 is 0. The lowest BCUT2D eigenvalue weighted by Crippen LogP contribution is -2.22. The number of fused-ring (bicyclic) bond motifs is 1. The Balaban J connectivity index is 1.45. The molecule has 0 amide bonds. The van der Waals surface area contributed by atoms with Crippen molar-refractivity contribution in [1.82, 2.24) is 14.5 Å². The summed E-state index contributed by atoms with van der Waals surface area (Å²) in [5, 5.41) is 0. The normalized spacial score (nSPS) is 18.8. The second-order valence-corrected chi connectivity index (χ2v) is 7.88. The van der Waals surface area contributed by atoms with Crippen LogP contribution in [0, 0.1) is 5.92 Å². The van der Waals surface area contributed by atoms with Crippen LogP contribution >= 0.6 is 0 Å². The van der Waals surface area contributed by atoms with Crippen LogP contribution in [0.1, 0.15) is 32.1 Å². The summed E-state index contributed by atoms with van der Waals surface area (Å²) in [5.41, 5.74) is 8.10. The van der Waals surface area contributed by atoms with Crippen LogP contribution in [0.25, 0.3) is 11.0 Å². The van der Waals surface area contributed by atoms with Crippen LogP contribution in [0.2, 0.25) is 0 Å². The van der Waals surface area contributed by atoms with E-state index < -0.39 is 0 Å². The number of hydrogen-bond acceptors (Lipinski definition) is 6. The molecule has 2 aliphatic rings. The van der Waals surface area contributed by atoms with E-state index in [2.05, 4.69) is 14.5 Å². The Morgan fingerprint density at radius 3 is 2.71 bits per heavy atom. The van der Waals surface area contributed by atoms with E-state index in [0.29, 0.717) is 18.5 Å². The zero-order valence-electron chi connectivity index (χ0n) is 16.9. The summed E-state index contributed by atoms with van der Waals surface area (Å²) in [5.74, 6) is 2.60. The fourth-order valence-corrected chi connectivity index (χ4v) is 4.28. The topological polar surface area (TPSA) is 74.8 Å². The first-order valence-electron chi connectivity index (χ1n) is 10.5. The molecule has 4 rings (SSSR count). The van der Waals surface area contributed by atoms with Gasteiger partial charge in [0, 0.05) is 38.4 Å². The largest absolute Gasteiger partial charge is 0.493 e. The molecule has 0 aliphatic carbocycles. The molecule has 28 heavy (non-hydrogen) atoms. The Hall–Kier alpha value is -1.99. The number of ether oxygens (including phenoxy) is 3. The van der Waals surface area contributed by atoms with Gasteiger partial charge in [-0.3, -0.25) is 0 Å². The number of nitrogen functional groups attached to an aromatic ring is 1. The van der Waals surface area contributed by atoms with E-state index in [4.69, 9.17) is 19.9 Å². The molecule has 2 N–H and O–H groups in total. The monoisotopic (exact) mass is 388 g/mol. The van der Waals surface area contributed by atoms with Gasteiger partial charge in [0.05, 0.1) is 24.8 Å². The van der Waals surface area contributed by atoms with Crippen molar-refractivity contribution in [3.63, 3.8) is 0 Å². The summed E-state index contributed by atoms with van der Waals surface area (Å²) in [4.78, 5) is 7.07. The lowest BCUT2D eigenvalue weighted by Gasteiger charge is -2.23. The van der Waals surface area contributed by atoms with E-state index in [-0.39, 0.29) is 0 Å². The summed E-state index contributed by atoms with van der Waals surface area (Å²) in [7, 11) is 1.68. The minimum Gasteiger partial charge on any atom is -0.493 e. The van der Waals surface area contributed by atoms with E-state index in [1.54, 1.807) is 7.11 Å². The van der Waals surface area contributed by atoms with Gasteiger partial charge < -0.3 is 29.4 Å². The van der Waals surface area contributed by atoms with Crippen molar-refractivity contribution in [3.05, 3.63) is 12.1 Å². The molecule has 2 fully saturated rings. The first-order chi connectivity index (χ1) is 13.7. The van der Waals surface area contributed by atoms with Crippen LogP contribution in [0.4, 0.5) is 5.95 Å². The van der Waals surface area contributed by atoms with Gasteiger partial charge in [0.25, 0.3) is 0 Å². The van der Waals surface area contributed by atoms with Crippen molar-refractivity contribution in [3.8, 4) is 11.5 Å². The molecule has 2 saturated heterocycles. The number of anilines is 1. The molecule has 0 saturated carbocycles.